The second kappa shape index (κ2) is 23.0. The number of aliphatic hydroxyl groups excluding tert-OH is 1. The maximum Gasteiger partial charge on any atom is 0.246 e. The van der Waals surface area contributed by atoms with Crippen molar-refractivity contribution >= 4 is 87.8 Å². The molecule has 2 aliphatic rings. The topological polar surface area (TPSA) is 220 Å². The minimum Gasteiger partial charge on any atom is -0.494 e. The summed E-state index contributed by atoms with van der Waals surface area (Å²) in [7, 11) is -0.997. The number of likely N-dealkylation sites (tertiary alicyclic amines) is 1. The van der Waals surface area contributed by atoms with Gasteiger partial charge in [0.15, 0.2) is 5.82 Å². The predicted molar refractivity (Wildman–Crippen MR) is 281 cm³/mol. The number of para-hydroxylation sites is 1. The summed E-state index contributed by atoms with van der Waals surface area (Å²) in [4.78, 5) is 71.9. The molecular formula is C51H64ClN10O7PS. The highest BCUT2D eigenvalue weighted by atomic mass is 35.5. The lowest BCUT2D eigenvalue weighted by Gasteiger charge is -2.35. The molecule has 2 aromatic heterocycles. The molecule has 0 saturated carbocycles. The number of nitrogens with one attached hydrogen (secondary N) is 5. The van der Waals surface area contributed by atoms with Crippen LogP contribution in [0.15, 0.2) is 78.4 Å². The van der Waals surface area contributed by atoms with Gasteiger partial charge in [-0.15, -0.1) is 11.3 Å². The molecule has 7 rings (SSSR count). The van der Waals surface area contributed by atoms with Gasteiger partial charge in [0.05, 0.1) is 46.9 Å². The van der Waals surface area contributed by atoms with Gasteiger partial charge in [-0.25, -0.2) is 9.97 Å². The highest BCUT2D eigenvalue weighted by Crippen LogP contribution is 2.39. The first kappa shape index (κ1) is 52.7. The van der Waals surface area contributed by atoms with Crippen molar-refractivity contribution in [3.05, 3.63) is 94.7 Å². The number of anilines is 5. The van der Waals surface area contributed by atoms with E-state index in [0.29, 0.717) is 46.4 Å². The van der Waals surface area contributed by atoms with E-state index in [0.717, 1.165) is 40.2 Å². The number of piperidine rings is 1. The number of aromatic nitrogens is 3. The van der Waals surface area contributed by atoms with E-state index in [1.165, 1.54) is 11.1 Å². The number of methoxy groups -OCH3 is 1. The molecule has 71 heavy (non-hydrogen) atoms. The number of hydrogen-bond acceptors (Lipinski definition) is 14. The third-order valence-corrected chi connectivity index (χ3v) is 15.5. The molecule has 0 bridgehead atoms. The summed E-state index contributed by atoms with van der Waals surface area (Å²) in [6, 6.07) is 19.1. The number of thiazole rings is 1. The molecule has 6 N–H and O–H groups in total. The second-order valence-electron chi connectivity index (χ2n) is 19.5. The number of nitrogens with zero attached hydrogens (tertiary/aromatic N) is 5. The maximum absolute atomic E-state index is 14.1. The first-order valence-corrected chi connectivity index (χ1v) is 27.6. The van der Waals surface area contributed by atoms with Crippen LogP contribution >= 0.6 is 30.1 Å². The SMILES string of the molecule is COc1cc(N2CCC(NC(=O)CCCC(=O)N[C@H](C(=O)N3C[C@H](O)C[C@H]3C(=O)NCc3ccc(-c4scnc4C)cc3)C(C)(C)C)CC2)ccc1Nc1ncc(Cl)c(Nc2ccccc2P(C)(C)=O)n1. The van der Waals surface area contributed by atoms with Crippen molar-refractivity contribution in [3.8, 4) is 16.2 Å². The lowest BCUT2D eigenvalue weighted by molar-refractivity contribution is -0.144. The first-order chi connectivity index (χ1) is 33.8. The fourth-order valence-corrected chi connectivity index (χ4v) is 10.9. The molecule has 3 atom stereocenters. The van der Waals surface area contributed by atoms with Crippen LogP contribution in [0, 0.1) is 12.3 Å². The van der Waals surface area contributed by atoms with Crippen LogP contribution in [0.3, 0.4) is 0 Å². The van der Waals surface area contributed by atoms with Gasteiger partial charge < -0.3 is 50.8 Å². The molecule has 4 amide bonds. The number of hydrogen-bond donors (Lipinski definition) is 6. The van der Waals surface area contributed by atoms with Crippen LogP contribution in [0.2, 0.25) is 5.02 Å². The van der Waals surface area contributed by atoms with Crippen molar-refractivity contribution < 1.29 is 33.6 Å². The molecule has 0 unspecified atom stereocenters. The lowest BCUT2D eigenvalue weighted by atomic mass is 9.85. The van der Waals surface area contributed by atoms with Gasteiger partial charge in [0.25, 0.3) is 0 Å². The Kier molecular flexibility index (Phi) is 17.1. The lowest BCUT2D eigenvalue weighted by Crippen LogP contribution is -2.57. The van der Waals surface area contributed by atoms with Crippen molar-refractivity contribution in [1.29, 1.82) is 0 Å². The average Bonchev–Trinajstić information content (AvgIpc) is 3.95. The van der Waals surface area contributed by atoms with Crippen molar-refractivity contribution in [3.63, 3.8) is 0 Å². The van der Waals surface area contributed by atoms with Crippen LogP contribution in [0.25, 0.3) is 10.4 Å². The normalized spacial score (nSPS) is 16.8. The highest BCUT2D eigenvalue weighted by Gasteiger charge is 2.44. The minimum atomic E-state index is -2.59. The second-order valence-corrected chi connectivity index (χ2v) is 24.0. The fraction of sp³-hybridized carbons (Fsp3) is 0.431. The molecular weight excluding hydrogens is 963 g/mol. The zero-order valence-corrected chi connectivity index (χ0v) is 43.7. The van der Waals surface area contributed by atoms with E-state index in [4.69, 9.17) is 16.3 Å². The van der Waals surface area contributed by atoms with E-state index < -0.39 is 36.7 Å². The number of β-amino-alcohol motifs (C(OH)–C–C–N with tert-alkyl or cyclic N) is 1. The first-order valence-electron chi connectivity index (χ1n) is 23.8. The molecule has 378 valence electrons. The quantitative estimate of drug-likeness (QED) is 0.0473. The molecule has 2 fully saturated rings. The Morgan fingerprint density at radius 2 is 1.68 bits per heavy atom. The summed E-state index contributed by atoms with van der Waals surface area (Å²) < 4.78 is 18.7. The molecule has 3 aromatic carbocycles. The number of benzene rings is 3. The van der Waals surface area contributed by atoms with Gasteiger partial charge in [-0.3, -0.25) is 19.2 Å². The van der Waals surface area contributed by atoms with E-state index in [9.17, 15) is 28.8 Å². The Bertz CT molecular complexity index is 2760. The number of ether oxygens (including phenoxy) is 1. The van der Waals surface area contributed by atoms with Crippen LogP contribution in [0.5, 0.6) is 5.75 Å². The van der Waals surface area contributed by atoms with E-state index in [1.54, 1.807) is 31.8 Å². The Morgan fingerprint density at radius 1 is 0.958 bits per heavy atom. The number of amides is 4. The van der Waals surface area contributed by atoms with Crippen molar-refractivity contribution in [2.75, 3.05) is 55.6 Å². The molecule has 5 aromatic rings. The smallest absolute Gasteiger partial charge is 0.246 e. The van der Waals surface area contributed by atoms with Gasteiger partial charge in [0.2, 0.25) is 29.6 Å². The van der Waals surface area contributed by atoms with Crippen LogP contribution < -0.4 is 41.5 Å². The summed E-state index contributed by atoms with van der Waals surface area (Å²) in [6.45, 7) is 12.5. The van der Waals surface area contributed by atoms with Crippen LogP contribution in [0.4, 0.5) is 28.8 Å². The largest absolute Gasteiger partial charge is 0.494 e. The standard InChI is InChI=1S/C51H64ClN10O7PS/c1-31-45(71-30-55-31)33-17-15-32(16-18-33)27-53-48(66)40-26-36(63)29-62(40)49(67)46(51(2,3)4)59-44(65)14-10-13-43(64)56-34-21-23-61(24-22-34)35-19-20-38(41(25-35)69-5)58-50-54-28-37(52)47(60-50)57-39-11-8-9-12-42(39)70(6,7)68/h8-9,11-12,15-20,25,28,30,34,36,40,46,63H,10,13-14,21-24,26-27,29H2,1-7H3,(H,53,66)(H,56,64)(H,59,65)(H2,54,57,58,60)/t36-,40+,46-/m1/s1. The molecule has 0 spiro atoms. The number of aliphatic hydroxyl groups is 1. The Balaban J connectivity index is 0.853. The third kappa shape index (κ3) is 13.7. The fourth-order valence-electron chi connectivity index (χ4n) is 8.80. The Hall–Kier alpha value is -6.07. The predicted octanol–water partition coefficient (Wildman–Crippen LogP) is 7.37. The zero-order chi connectivity index (χ0) is 51.0. The third-order valence-electron chi connectivity index (χ3n) is 12.7. The van der Waals surface area contributed by atoms with E-state index >= 15 is 0 Å². The monoisotopic (exact) mass is 1030 g/mol. The average molecular weight is 1030 g/mol. The van der Waals surface area contributed by atoms with Gasteiger partial charge in [0, 0.05) is 68.5 Å². The number of carbonyl (C=O) groups is 4. The molecule has 4 heterocycles. The van der Waals surface area contributed by atoms with E-state index in [-0.39, 0.29) is 68.5 Å². The molecule has 0 radical (unpaired) electrons. The van der Waals surface area contributed by atoms with E-state index in [2.05, 4.69) is 46.4 Å². The number of halogens is 1. The summed E-state index contributed by atoms with van der Waals surface area (Å²) in [5.74, 6) is -0.124. The number of rotatable bonds is 18. The van der Waals surface area contributed by atoms with Crippen LogP contribution in [-0.2, 0) is 30.3 Å². The minimum absolute atomic E-state index is 0.0253. The highest BCUT2D eigenvalue weighted by molar-refractivity contribution is 7.70. The zero-order valence-electron chi connectivity index (χ0n) is 41.3. The number of aryl methyl sites for hydroxylation is 1. The molecule has 17 nitrogen and oxygen atoms in total. The van der Waals surface area contributed by atoms with Crippen molar-refractivity contribution in [2.45, 2.75) is 97.0 Å². The summed E-state index contributed by atoms with van der Waals surface area (Å²) >= 11 is 8.04. The van der Waals surface area contributed by atoms with Crippen LogP contribution in [0.1, 0.15) is 70.6 Å². The van der Waals surface area contributed by atoms with Crippen molar-refractivity contribution in [2.24, 2.45) is 5.41 Å². The molecule has 2 aliphatic heterocycles. The summed E-state index contributed by atoms with van der Waals surface area (Å²) in [5, 5.41) is 27.0. The maximum atomic E-state index is 14.1. The van der Waals surface area contributed by atoms with Gasteiger partial charge in [-0.1, -0.05) is 68.8 Å². The molecule has 0 aliphatic carbocycles. The van der Waals surface area contributed by atoms with Gasteiger partial charge in [0.1, 0.15) is 30.0 Å². The van der Waals surface area contributed by atoms with Gasteiger partial charge in [-0.05, 0) is 80.3 Å². The van der Waals surface area contributed by atoms with Crippen LogP contribution in [-0.4, -0.2) is 113 Å². The summed E-state index contributed by atoms with van der Waals surface area (Å²) in [6.07, 6.45) is 2.59. The van der Waals surface area contributed by atoms with Gasteiger partial charge in [-0.2, -0.15) is 4.98 Å². The molecule has 2 saturated heterocycles. The Morgan fingerprint density at radius 3 is 2.35 bits per heavy atom. The summed E-state index contributed by atoms with van der Waals surface area (Å²) in [5.41, 5.74) is 6.23. The number of carbonyl (C=O) groups excluding carboxylic acids is 4. The molecule has 20 heteroatoms. The van der Waals surface area contributed by atoms with E-state index in [1.807, 2.05) is 99.9 Å². The van der Waals surface area contributed by atoms with Gasteiger partial charge >= 0.3 is 0 Å². The van der Waals surface area contributed by atoms with Crippen molar-refractivity contribution in [1.82, 2.24) is 35.8 Å². The Labute approximate surface area is 424 Å².